The quantitative estimate of drug-likeness (QED) is 0.350. The van der Waals surface area contributed by atoms with Gasteiger partial charge in [0.15, 0.2) is 0 Å². The van der Waals surface area contributed by atoms with Gasteiger partial charge in [-0.3, -0.25) is 4.79 Å². The number of pyridine rings is 1. The van der Waals surface area contributed by atoms with E-state index in [2.05, 4.69) is 11.0 Å². The maximum atomic E-state index is 13.7. The van der Waals surface area contributed by atoms with Crippen molar-refractivity contribution >= 4 is 46.1 Å². The van der Waals surface area contributed by atoms with E-state index in [1.54, 1.807) is 42.3 Å². The van der Waals surface area contributed by atoms with E-state index in [-0.39, 0.29) is 5.91 Å². The number of morpholine rings is 1. The summed E-state index contributed by atoms with van der Waals surface area (Å²) in [6, 6.07) is 18.1. The van der Waals surface area contributed by atoms with E-state index in [0.29, 0.717) is 53.2 Å². The minimum Gasteiger partial charge on any atom is -0.378 e. The third-order valence-electron chi connectivity index (χ3n) is 6.31. The Kier molecular flexibility index (Phi) is 6.59. The lowest BCUT2D eigenvalue weighted by molar-refractivity contribution is 0.0993. The fraction of sp³-hybridized carbons (Fsp3) is 0.222. The lowest BCUT2D eigenvalue weighted by atomic mass is 10.0. The van der Waals surface area contributed by atoms with Gasteiger partial charge in [0, 0.05) is 47.0 Å². The number of hydrogen-bond donors (Lipinski definition) is 0. The lowest BCUT2D eigenvalue weighted by Gasteiger charge is -2.29. The van der Waals surface area contributed by atoms with Crippen LogP contribution in [-0.2, 0) is 4.74 Å². The van der Waals surface area contributed by atoms with E-state index in [0.717, 1.165) is 28.2 Å². The van der Waals surface area contributed by atoms with Crippen LogP contribution in [-0.4, -0.2) is 48.9 Å². The summed E-state index contributed by atoms with van der Waals surface area (Å²) in [4.78, 5) is 17.4. The summed E-state index contributed by atoms with van der Waals surface area (Å²) in [7, 11) is 1.72. The van der Waals surface area contributed by atoms with Gasteiger partial charge < -0.3 is 14.5 Å². The summed E-state index contributed by atoms with van der Waals surface area (Å²) >= 11 is 12.6. The van der Waals surface area contributed by atoms with Crippen LogP contribution in [0.4, 0.5) is 11.5 Å². The number of fused-ring (bicyclic) bond motifs is 1. The Labute approximate surface area is 219 Å². The molecule has 0 bridgehead atoms. The average Bonchev–Trinajstić information content (AvgIpc) is 3.22. The highest BCUT2D eigenvalue weighted by atomic mass is 35.5. The molecule has 182 valence electrons. The SMILES string of the molecule is Cc1nn2c(N3CCOCC3)cc(C(=O)N(C)c3ccc(C#N)cc3)cc2c1-c1cc(Cl)cc(Cl)c1. The van der Waals surface area contributed by atoms with Gasteiger partial charge >= 0.3 is 0 Å². The number of nitriles is 1. The molecule has 0 spiro atoms. The molecular weight excluding hydrogens is 497 g/mol. The molecule has 2 aromatic carbocycles. The summed E-state index contributed by atoms with van der Waals surface area (Å²) in [6.07, 6.45) is 0. The molecule has 0 unspecified atom stereocenters. The van der Waals surface area contributed by atoms with Gasteiger partial charge in [0.05, 0.1) is 36.1 Å². The predicted octanol–water partition coefficient (Wildman–Crippen LogP) is 5.60. The van der Waals surface area contributed by atoms with E-state index >= 15 is 0 Å². The number of carbonyl (C=O) groups is 1. The first kappa shape index (κ1) is 24.1. The van der Waals surface area contributed by atoms with Gasteiger partial charge in [0.1, 0.15) is 5.82 Å². The van der Waals surface area contributed by atoms with Crippen molar-refractivity contribution in [1.29, 1.82) is 5.26 Å². The third-order valence-corrected chi connectivity index (χ3v) is 6.75. The molecule has 4 aromatic rings. The van der Waals surface area contributed by atoms with Crippen molar-refractivity contribution in [2.75, 3.05) is 43.2 Å². The number of nitrogens with zero attached hydrogens (tertiary/aromatic N) is 5. The topological polar surface area (TPSA) is 73.9 Å². The van der Waals surface area contributed by atoms with Crippen LogP contribution in [0.25, 0.3) is 16.6 Å². The Morgan fingerprint density at radius 1 is 1.06 bits per heavy atom. The molecule has 1 saturated heterocycles. The Bertz CT molecular complexity index is 1480. The highest BCUT2D eigenvalue weighted by Crippen LogP contribution is 2.35. The second kappa shape index (κ2) is 9.82. The molecular formula is C27H23Cl2N5O2. The van der Waals surface area contributed by atoms with Crippen molar-refractivity contribution in [3.8, 4) is 17.2 Å². The highest BCUT2D eigenvalue weighted by Gasteiger charge is 2.24. The van der Waals surface area contributed by atoms with E-state index in [9.17, 15) is 4.79 Å². The van der Waals surface area contributed by atoms with Crippen LogP contribution in [0.15, 0.2) is 54.6 Å². The lowest BCUT2D eigenvalue weighted by Crippen LogP contribution is -2.37. The average molecular weight is 520 g/mol. The Morgan fingerprint density at radius 2 is 1.72 bits per heavy atom. The smallest absolute Gasteiger partial charge is 0.258 e. The normalized spacial score (nSPS) is 13.6. The molecule has 2 aromatic heterocycles. The van der Waals surface area contributed by atoms with E-state index in [1.165, 1.54) is 0 Å². The van der Waals surface area contributed by atoms with E-state index in [1.807, 2.05) is 35.7 Å². The zero-order valence-electron chi connectivity index (χ0n) is 19.8. The van der Waals surface area contributed by atoms with Crippen molar-refractivity contribution < 1.29 is 9.53 Å². The van der Waals surface area contributed by atoms with Crippen LogP contribution in [0.5, 0.6) is 0 Å². The van der Waals surface area contributed by atoms with Gasteiger partial charge in [-0.05, 0) is 67.1 Å². The molecule has 1 aliphatic rings. The summed E-state index contributed by atoms with van der Waals surface area (Å²) in [6.45, 7) is 4.51. The van der Waals surface area contributed by atoms with Gasteiger partial charge in [0.2, 0.25) is 0 Å². The molecule has 9 heteroatoms. The number of benzene rings is 2. The van der Waals surface area contributed by atoms with Crippen molar-refractivity contribution in [3.63, 3.8) is 0 Å². The Morgan fingerprint density at radius 3 is 2.36 bits per heavy atom. The number of aromatic nitrogens is 2. The van der Waals surface area contributed by atoms with Gasteiger partial charge in [0.25, 0.3) is 5.91 Å². The van der Waals surface area contributed by atoms with Gasteiger partial charge in [-0.15, -0.1) is 0 Å². The van der Waals surface area contributed by atoms with Crippen molar-refractivity contribution in [3.05, 3.63) is 81.5 Å². The standard InChI is InChI=1S/C27H23Cl2N5O2/c1-17-26(19-11-21(28)15-22(29)12-19)24-13-20(14-25(34(24)31-17)33-7-9-36-10-8-33)27(35)32(2)23-5-3-18(16-30)4-6-23/h3-6,11-15H,7-10H2,1-2H3. The van der Waals surface area contributed by atoms with Crippen LogP contribution in [0, 0.1) is 18.3 Å². The molecule has 0 radical (unpaired) electrons. The van der Waals surface area contributed by atoms with Crippen LogP contribution < -0.4 is 9.80 Å². The maximum absolute atomic E-state index is 13.7. The first-order chi connectivity index (χ1) is 17.4. The summed E-state index contributed by atoms with van der Waals surface area (Å²) < 4.78 is 7.43. The maximum Gasteiger partial charge on any atom is 0.258 e. The molecule has 1 amide bonds. The minimum absolute atomic E-state index is 0.175. The fourth-order valence-electron chi connectivity index (χ4n) is 4.51. The van der Waals surface area contributed by atoms with E-state index < -0.39 is 0 Å². The number of carbonyl (C=O) groups excluding carboxylic acids is 1. The summed E-state index contributed by atoms with van der Waals surface area (Å²) in [5, 5.41) is 15.0. The number of aryl methyl sites for hydroxylation is 1. The summed E-state index contributed by atoms with van der Waals surface area (Å²) in [5.74, 6) is 0.639. The van der Waals surface area contributed by atoms with Crippen molar-refractivity contribution in [2.24, 2.45) is 0 Å². The Hall–Kier alpha value is -3.57. The molecule has 1 fully saturated rings. The van der Waals surface area contributed by atoms with Crippen LogP contribution >= 0.6 is 23.2 Å². The first-order valence-corrected chi connectivity index (χ1v) is 12.2. The molecule has 5 rings (SSSR count). The summed E-state index contributed by atoms with van der Waals surface area (Å²) in [5.41, 5.74) is 5.03. The number of halogens is 2. The largest absolute Gasteiger partial charge is 0.378 e. The molecule has 3 heterocycles. The molecule has 0 N–H and O–H groups in total. The first-order valence-electron chi connectivity index (χ1n) is 11.5. The zero-order valence-corrected chi connectivity index (χ0v) is 21.3. The number of amides is 1. The predicted molar refractivity (Wildman–Crippen MR) is 142 cm³/mol. The zero-order chi connectivity index (χ0) is 25.4. The van der Waals surface area contributed by atoms with Crippen molar-refractivity contribution in [2.45, 2.75) is 6.92 Å². The Balaban J connectivity index is 1.67. The molecule has 0 atom stereocenters. The number of hydrogen-bond acceptors (Lipinski definition) is 5. The molecule has 1 aliphatic heterocycles. The molecule has 0 saturated carbocycles. The van der Waals surface area contributed by atoms with E-state index in [4.69, 9.17) is 38.3 Å². The molecule has 36 heavy (non-hydrogen) atoms. The van der Waals surface area contributed by atoms with Crippen LogP contribution in [0.2, 0.25) is 10.0 Å². The van der Waals surface area contributed by atoms with Crippen molar-refractivity contribution in [1.82, 2.24) is 9.61 Å². The van der Waals surface area contributed by atoms with Gasteiger partial charge in [-0.25, -0.2) is 4.52 Å². The molecule has 7 nitrogen and oxygen atoms in total. The number of ether oxygens (including phenoxy) is 1. The van der Waals surface area contributed by atoms with Crippen LogP contribution in [0.1, 0.15) is 21.6 Å². The highest BCUT2D eigenvalue weighted by molar-refractivity contribution is 6.35. The number of anilines is 2. The fourth-order valence-corrected chi connectivity index (χ4v) is 5.03. The van der Waals surface area contributed by atoms with Gasteiger partial charge in [-0.2, -0.15) is 10.4 Å². The third kappa shape index (κ3) is 4.51. The minimum atomic E-state index is -0.175. The monoisotopic (exact) mass is 519 g/mol. The second-order valence-corrected chi connectivity index (χ2v) is 9.51. The number of rotatable bonds is 4. The molecule has 0 aliphatic carbocycles. The second-order valence-electron chi connectivity index (χ2n) is 8.64. The van der Waals surface area contributed by atoms with Crippen LogP contribution in [0.3, 0.4) is 0 Å². The van der Waals surface area contributed by atoms with Gasteiger partial charge in [-0.1, -0.05) is 23.2 Å².